The van der Waals surface area contributed by atoms with Crippen molar-refractivity contribution in [2.75, 3.05) is 33.3 Å². The summed E-state index contributed by atoms with van der Waals surface area (Å²) in [4.78, 5) is 203. The van der Waals surface area contributed by atoms with Crippen molar-refractivity contribution in [2.45, 2.75) is 312 Å². The summed E-state index contributed by atoms with van der Waals surface area (Å²) in [5, 5.41) is 36.4. The number of guanidine groups is 3. The number of unbranched alkanes of at least 4 members (excludes halogenated alkanes) is 12. The predicted octanol–water partition coefficient (Wildman–Crippen LogP) is 7.05. The Morgan fingerprint density at radius 2 is 0.858 bits per heavy atom. The smallest absolute Gasteiger partial charge is 0.224 e. The van der Waals surface area contributed by atoms with E-state index in [0.29, 0.717) is 43.6 Å². The summed E-state index contributed by atoms with van der Waals surface area (Å²) in [6, 6.07) is 1.19. The summed E-state index contributed by atoms with van der Waals surface area (Å²) in [7, 11) is 1.51. The van der Waals surface area contributed by atoms with Crippen molar-refractivity contribution in [3.8, 4) is 5.75 Å². The molecule has 0 unspecified atom stereocenters. The number of Topliss-reactive ketones (excluding diaryl/α,β-unsaturated/α-hetero) is 6. The van der Waals surface area contributed by atoms with Crippen molar-refractivity contribution in [1.29, 1.82) is 0 Å². The monoisotopic (exact) mass is 1780 g/mol. The number of aromatic hydroxyl groups is 1. The number of benzene rings is 1. The number of carbonyl (C=O) groups excluding carboxylic acids is 13. The van der Waals surface area contributed by atoms with Crippen LogP contribution in [0, 0.1) is 65.1 Å². The number of hydrogen-bond acceptors (Lipinski definition) is 20. The predicted molar refractivity (Wildman–Crippen MR) is 493 cm³/mol. The molecule has 0 aliphatic heterocycles. The number of nitrogens with one attached hydrogen (secondary N) is 8. The van der Waals surface area contributed by atoms with E-state index in [9.17, 15) is 72.5 Å². The van der Waals surface area contributed by atoms with E-state index in [1.54, 1.807) is 39.1 Å². The van der Waals surface area contributed by atoms with Crippen LogP contribution in [0.3, 0.4) is 0 Å². The standard InChI is InChI=1S/C50H89N15O9.C42H67N5O6/c1-8-30(6)36(44(51)71)24-43(70)39(26-66)65-46(73)33(18-28(2)3)23-42(69)38(19-29(4)5)64-45(72)32(13-10-16-60-49(54)55)21-41(68)37(14-11-17-61-50(56)57)63-47(74)34(20-35-25-58-27-62-35)22-40(67)31(7)12-9-15-59-48(52)53;1-6-7-8-9-10-11-12-13-14-15-16-17-18-19-39(51)47-40(30(2)3)38(50)27-34(25-35-28-44-29-45-35)42(53)46-31(4)37(49)26-33(41(52)43-5)24-32-20-22-36(48)23-21-32/h25,27-34,36-39,66H,8-24,26H2,1-7H3,(H2,51,71)(H,58,62)(H,63,74)(H,64,72)(H,65,73)(H4,52,53,59)(H4,54,55,60)(H4,56,57,61);20-23,28-31,33-34,40,48H,6-19,24-27H2,1-5H3,(H,43,52)(H,44,45)(H,46,53)(H,47,51)/t30-,31-,32+,33+,34+,36-,37-,38-,39-;31-,33+,34+,40-/m00/s1. The molecule has 0 aliphatic carbocycles. The number of carbonyl (C=O) groups is 13. The number of phenols is 1. The fourth-order valence-electron chi connectivity index (χ4n) is 15.2. The molecule has 0 radical (unpaired) electrons. The highest BCUT2D eigenvalue weighted by atomic mass is 16.3. The first-order valence-corrected chi connectivity index (χ1v) is 45.9. The van der Waals surface area contributed by atoms with Gasteiger partial charge in [-0.1, -0.05) is 165 Å². The van der Waals surface area contributed by atoms with Crippen LogP contribution in [0.1, 0.15) is 279 Å². The van der Waals surface area contributed by atoms with Gasteiger partial charge in [-0.25, -0.2) is 9.97 Å². The zero-order chi connectivity index (χ0) is 95.1. The van der Waals surface area contributed by atoms with Gasteiger partial charge in [-0.3, -0.25) is 77.3 Å². The molecular formula is C92H156N20O15. The van der Waals surface area contributed by atoms with Gasteiger partial charge in [0.05, 0.1) is 55.3 Å². The van der Waals surface area contributed by atoms with Gasteiger partial charge in [0.15, 0.2) is 46.8 Å². The minimum absolute atomic E-state index is 0.0578. The number of nitrogens with zero attached hydrogens (tertiary/aromatic N) is 5. The summed E-state index contributed by atoms with van der Waals surface area (Å²) >= 11 is 0. The first-order chi connectivity index (χ1) is 60.2. The Morgan fingerprint density at radius 3 is 1.33 bits per heavy atom. The van der Waals surface area contributed by atoms with Crippen LogP contribution in [-0.4, -0.2) is 188 Å². The second kappa shape index (κ2) is 63.5. The first kappa shape index (κ1) is 113. The van der Waals surface area contributed by atoms with Gasteiger partial charge in [0, 0.05) is 138 Å². The maximum atomic E-state index is 14.5. The lowest BCUT2D eigenvalue weighted by Crippen LogP contribution is -2.49. The summed E-state index contributed by atoms with van der Waals surface area (Å²) in [6.07, 6.45) is 24.1. The van der Waals surface area contributed by atoms with Gasteiger partial charge in [-0.2, -0.15) is 0 Å². The van der Waals surface area contributed by atoms with E-state index in [1.807, 2.05) is 48.5 Å². The molecule has 0 bridgehead atoms. The highest BCUT2D eigenvalue weighted by Crippen LogP contribution is 2.27. The van der Waals surface area contributed by atoms with E-state index in [2.05, 4.69) is 73.7 Å². The largest absolute Gasteiger partial charge is 0.508 e. The number of ketones is 6. The fraction of sp³-hybridized carbons (Fsp3) is 0.696. The number of phenolic OH excluding ortho intramolecular Hbond substituents is 1. The zero-order valence-corrected chi connectivity index (χ0v) is 77.8. The van der Waals surface area contributed by atoms with Gasteiger partial charge in [0.1, 0.15) is 17.6 Å². The van der Waals surface area contributed by atoms with E-state index in [1.165, 1.54) is 102 Å². The van der Waals surface area contributed by atoms with Crippen molar-refractivity contribution in [3.63, 3.8) is 0 Å². The quantitative estimate of drug-likeness (QED) is 0.0153. The molecule has 2 heterocycles. The molecule has 0 saturated heterocycles. The maximum Gasteiger partial charge on any atom is 0.224 e. The summed E-state index contributed by atoms with van der Waals surface area (Å²) in [5.41, 5.74) is 40.8. The molecule has 714 valence electrons. The first-order valence-electron chi connectivity index (χ1n) is 45.9. The molecule has 7 amide bonds. The normalized spacial score (nSPS) is 14.4. The van der Waals surface area contributed by atoms with Crippen molar-refractivity contribution in [3.05, 3.63) is 66.3 Å². The number of amides is 7. The lowest BCUT2D eigenvalue weighted by molar-refractivity contribution is -0.136. The van der Waals surface area contributed by atoms with E-state index in [4.69, 9.17) is 40.1 Å². The van der Waals surface area contributed by atoms with Crippen LogP contribution in [0.5, 0.6) is 5.75 Å². The third kappa shape index (κ3) is 48.3. The molecule has 35 heteroatoms. The number of aromatic nitrogens is 4. The van der Waals surface area contributed by atoms with E-state index in [-0.39, 0.29) is 186 Å². The van der Waals surface area contributed by atoms with Crippen molar-refractivity contribution < 1.29 is 72.5 Å². The Labute approximate surface area is 752 Å². The number of aromatic amines is 2. The number of imidazole rings is 2. The van der Waals surface area contributed by atoms with Crippen LogP contribution in [-0.2, 0) is 81.6 Å². The average molecular weight is 1780 g/mol. The van der Waals surface area contributed by atoms with Crippen LogP contribution >= 0.6 is 0 Å². The van der Waals surface area contributed by atoms with E-state index < -0.39 is 125 Å². The van der Waals surface area contributed by atoms with Gasteiger partial charge < -0.3 is 92.2 Å². The Kier molecular flexibility index (Phi) is 56.3. The number of aliphatic hydroxyl groups is 1. The second-order valence-corrected chi connectivity index (χ2v) is 35.3. The number of aliphatic hydroxyl groups excluding tert-OH is 1. The molecule has 0 spiro atoms. The molecular weight excluding hydrogens is 1630 g/mol. The van der Waals surface area contributed by atoms with Crippen LogP contribution in [0.2, 0.25) is 0 Å². The summed E-state index contributed by atoms with van der Waals surface area (Å²) in [6.45, 7) is 20.2. The topological polar surface area (TPSA) is 611 Å². The SMILES string of the molecule is CCCCCCCCCCCCCCCC(=O)N[C@H](C(=O)C[C@@H](Cc1cnc[nH]1)C(=O)N[C@@H](C)C(=O)C[C@@H](Cc1ccc(O)cc1)C(=O)NC)C(C)C.CC[C@H](C)[C@H](CC(=O)[C@H](CO)NC(=O)[C@@H](CC(=O)[C@H](CC(C)C)NC(=O)[C@H](CCCN=C(N)N)CC(=O)[C@H](CCCN=C(N)N)NC(=O)[C@@H](CC(=O)[C@@H](C)CCCN=C(N)N)Cc1cnc[nH]1)CC(C)C)C(N)=O. The molecule has 3 rings (SSSR count). The van der Waals surface area contributed by atoms with Crippen molar-refractivity contribution >= 4 is 93.9 Å². The molecule has 2 aromatic heterocycles. The van der Waals surface area contributed by atoms with Gasteiger partial charge >= 0.3 is 0 Å². The molecule has 24 N–H and O–H groups in total. The number of nitrogens with two attached hydrogens (primary N) is 7. The zero-order valence-electron chi connectivity index (χ0n) is 77.8. The lowest BCUT2D eigenvalue weighted by atomic mass is 9.85. The minimum Gasteiger partial charge on any atom is -0.508 e. The van der Waals surface area contributed by atoms with Gasteiger partial charge in [0.2, 0.25) is 41.4 Å². The number of aliphatic imine (C=N–C) groups is 3. The highest BCUT2D eigenvalue weighted by molar-refractivity contribution is 5.99. The number of rotatable bonds is 69. The third-order valence-corrected chi connectivity index (χ3v) is 22.9. The van der Waals surface area contributed by atoms with E-state index >= 15 is 0 Å². The number of hydrogen-bond donors (Lipinski definition) is 17. The van der Waals surface area contributed by atoms with Gasteiger partial charge in [-0.05, 0) is 112 Å². The number of primary amides is 1. The molecule has 0 aliphatic rings. The van der Waals surface area contributed by atoms with Crippen LogP contribution in [0.4, 0.5) is 0 Å². The molecule has 3 aromatic rings. The van der Waals surface area contributed by atoms with Crippen molar-refractivity contribution in [1.82, 2.24) is 51.8 Å². The lowest BCUT2D eigenvalue weighted by Gasteiger charge is -2.27. The Balaban J connectivity index is 0.000000907. The average Bonchev–Trinajstić information content (AvgIpc) is 1.66. The Hall–Kier alpha value is -10.5. The minimum atomic E-state index is -1.35. The maximum absolute atomic E-state index is 14.5. The summed E-state index contributed by atoms with van der Waals surface area (Å²) < 4.78 is 0. The van der Waals surface area contributed by atoms with Crippen LogP contribution in [0.15, 0.2) is 64.3 Å². The molecule has 35 nitrogen and oxygen atoms in total. The second-order valence-electron chi connectivity index (χ2n) is 35.3. The number of H-pyrrole nitrogens is 2. The molecule has 13 atom stereocenters. The molecule has 1 aromatic carbocycles. The third-order valence-electron chi connectivity index (χ3n) is 22.9. The summed E-state index contributed by atoms with van der Waals surface area (Å²) in [5.74, 6) is -12.3. The molecule has 0 fully saturated rings. The van der Waals surface area contributed by atoms with Crippen molar-refractivity contribution in [2.24, 2.45) is 120 Å². The Bertz CT molecular complexity index is 3880. The van der Waals surface area contributed by atoms with Crippen LogP contribution < -0.4 is 72.0 Å². The molecule has 0 saturated carbocycles. The Morgan fingerprint density at radius 1 is 0.433 bits per heavy atom. The van der Waals surface area contributed by atoms with E-state index in [0.717, 1.165) is 24.8 Å². The fourth-order valence-corrected chi connectivity index (χ4v) is 15.2. The van der Waals surface area contributed by atoms with Gasteiger partial charge in [-0.15, -0.1) is 0 Å². The van der Waals surface area contributed by atoms with Crippen LogP contribution in [0.25, 0.3) is 0 Å². The van der Waals surface area contributed by atoms with Gasteiger partial charge in [0.25, 0.3) is 0 Å². The highest BCUT2D eigenvalue weighted by Gasteiger charge is 2.38. The molecule has 127 heavy (non-hydrogen) atoms.